The third-order valence-corrected chi connectivity index (χ3v) is 8.25. The van der Waals surface area contributed by atoms with Gasteiger partial charge in [0.05, 0.1) is 29.5 Å². The van der Waals surface area contributed by atoms with Crippen LogP contribution in [0.5, 0.6) is 5.75 Å². The second-order valence-corrected chi connectivity index (χ2v) is 11.5. The average molecular weight is 513 g/mol. The number of para-hydroxylation sites is 1. The smallest absolute Gasteiger partial charge is 0.243 e. The maximum Gasteiger partial charge on any atom is 0.243 e. The molecule has 194 valence electrons. The van der Waals surface area contributed by atoms with Gasteiger partial charge in [-0.25, -0.2) is 13.1 Å². The van der Waals surface area contributed by atoms with Crippen LogP contribution in [0.1, 0.15) is 43.9 Å². The molecule has 2 heterocycles. The first kappa shape index (κ1) is 26.2. The SMILES string of the molecule is COc1ccc(S(=O)(=O)N(Cc2c(C(C)C)nn(-c3ccccc3)c2N(C)C)CC2CCCO2)cc1. The van der Waals surface area contributed by atoms with E-state index in [9.17, 15) is 8.42 Å². The number of rotatable bonds is 10. The number of nitrogens with zero attached hydrogens (tertiary/aromatic N) is 4. The number of sulfonamides is 1. The summed E-state index contributed by atoms with van der Waals surface area (Å²) in [5.41, 5.74) is 2.71. The van der Waals surface area contributed by atoms with Crippen LogP contribution in [-0.2, 0) is 21.3 Å². The highest BCUT2D eigenvalue weighted by molar-refractivity contribution is 7.89. The Hall–Kier alpha value is -2.88. The van der Waals surface area contributed by atoms with Gasteiger partial charge in [0, 0.05) is 39.4 Å². The number of benzene rings is 2. The molecule has 0 aliphatic carbocycles. The van der Waals surface area contributed by atoms with E-state index >= 15 is 0 Å². The second kappa shape index (κ2) is 11.0. The molecule has 4 rings (SSSR count). The van der Waals surface area contributed by atoms with Crippen LogP contribution in [0, 0.1) is 0 Å². The predicted molar refractivity (Wildman–Crippen MR) is 142 cm³/mol. The molecule has 1 fully saturated rings. The Morgan fingerprint density at radius 1 is 1.11 bits per heavy atom. The molecule has 3 aromatic rings. The largest absolute Gasteiger partial charge is 0.497 e. The lowest BCUT2D eigenvalue weighted by Gasteiger charge is -2.27. The first-order valence-corrected chi connectivity index (χ1v) is 13.8. The van der Waals surface area contributed by atoms with Crippen LogP contribution in [0.15, 0.2) is 59.5 Å². The zero-order chi connectivity index (χ0) is 25.9. The fraction of sp³-hybridized carbons (Fsp3) is 0.444. The molecule has 1 unspecified atom stereocenters. The fourth-order valence-corrected chi connectivity index (χ4v) is 6.06. The molecule has 1 aliphatic rings. The Morgan fingerprint density at radius 3 is 2.36 bits per heavy atom. The molecule has 0 bridgehead atoms. The zero-order valence-corrected chi connectivity index (χ0v) is 22.5. The first-order valence-electron chi connectivity index (χ1n) is 12.3. The number of methoxy groups -OCH3 is 1. The molecule has 8 nitrogen and oxygen atoms in total. The van der Waals surface area contributed by atoms with E-state index in [-0.39, 0.29) is 30.0 Å². The maximum atomic E-state index is 14.0. The summed E-state index contributed by atoms with van der Waals surface area (Å²) in [6.07, 6.45) is 1.65. The summed E-state index contributed by atoms with van der Waals surface area (Å²) >= 11 is 0. The third-order valence-electron chi connectivity index (χ3n) is 6.42. The summed E-state index contributed by atoms with van der Waals surface area (Å²) in [5.74, 6) is 1.59. The predicted octanol–water partition coefficient (Wildman–Crippen LogP) is 4.44. The van der Waals surface area contributed by atoms with E-state index in [1.54, 1.807) is 35.7 Å². The van der Waals surface area contributed by atoms with Gasteiger partial charge in [0.15, 0.2) is 0 Å². The number of aromatic nitrogens is 2. The summed E-state index contributed by atoms with van der Waals surface area (Å²) in [6.45, 7) is 5.32. The minimum atomic E-state index is -3.81. The van der Waals surface area contributed by atoms with Crippen LogP contribution in [0.4, 0.5) is 5.82 Å². The minimum Gasteiger partial charge on any atom is -0.497 e. The van der Waals surface area contributed by atoms with Crippen molar-refractivity contribution in [3.05, 3.63) is 65.9 Å². The molecule has 0 N–H and O–H groups in total. The van der Waals surface area contributed by atoms with Gasteiger partial charge in [0.2, 0.25) is 10.0 Å². The van der Waals surface area contributed by atoms with Crippen molar-refractivity contribution in [1.82, 2.24) is 14.1 Å². The lowest BCUT2D eigenvalue weighted by Crippen LogP contribution is -2.37. The molecule has 0 radical (unpaired) electrons. The van der Waals surface area contributed by atoms with Crippen LogP contribution < -0.4 is 9.64 Å². The van der Waals surface area contributed by atoms with E-state index in [0.29, 0.717) is 12.4 Å². The van der Waals surface area contributed by atoms with Crippen molar-refractivity contribution < 1.29 is 17.9 Å². The van der Waals surface area contributed by atoms with Gasteiger partial charge >= 0.3 is 0 Å². The van der Waals surface area contributed by atoms with Gasteiger partial charge in [0.1, 0.15) is 11.6 Å². The highest BCUT2D eigenvalue weighted by Gasteiger charge is 2.33. The summed E-state index contributed by atoms with van der Waals surface area (Å²) < 4.78 is 42.5. The zero-order valence-electron chi connectivity index (χ0n) is 21.7. The molecule has 0 saturated carbocycles. The fourth-order valence-electron chi connectivity index (χ4n) is 4.62. The summed E-state index contributed by atoms with van der Waals surface area (Å²) in [5, 5.41) is 4.97. The van der Waals surface area contributed by atoms with Crippen molar-refractivity contribution in [3.8, 4) is 11.4 Å². The van der Waals surface area contributed by atoms with Crippen molar-refractivity contribution >= 4 is 15.8 Å². The van der Waals surface area contributed by atoms with E-state index < -0.39 is 10.0 Å². The minimum absolute atomic E-state index is 0.108. The van der Waals surface area contributed by atoms with Gasteiger partial charge in [-0.15, -0.1) is 0 Å². The van der Waals surface area contributed by atoms with Crippen LogP contribution in [-0.4, -0.2) is 63.0 Å². The normalized spacial score (nSPS) is 16.1. The lowest BCUT2D eigenvalue weighted by atomic mass is 10.1. The summed E-state index contributed by atoms with van der Waals surface area (Å²) in [6, 6.07) is 16.5. The first-order chi connectivity index (χ1) is 17.2. The van der Waals surface area contributed by atoms with Gasteiger partial charge in [-0.3, -0.25) is 0 Å². The van der Waals surface area contributed by atoms with E-state index in [1.807, 2.05) is 54.0 Å². The topological polar surface area (TPSA) is 76.9 Å². The van der Waals surface area contributed by atoms with Gasteiger partial charge < -0.3 is 14.4 Å². The Balaban J connectivity index is 1.81. The van der Waals surface area contributed by atoms with Gasteiger partial charge in [0.25, 0.3) is 0 Å². The Bertz CT molecular complexity index is 1250. The standard InChI is InChI=1S/C27H36N4O4S/c1-20(2)26-25(27(29(3)4)31(28-26)21-10-7-6-8-11-21)19-30(18-23-12-9-17-35-23)36(32,33)24-15-13-22(34-5)14-16-24/h6-8,10-11,13-16,20,23H,9,12,17-19H2,1-5H3. The molecule has 0 spiro atoms. The highest BCUT2D eigenvalue weighted by atomic mass is 32.2. The van der Waals surface area contributed by atoms with Crippen molar-refractivity contribution in [2.75, 3.05) is 39.3 Å². The second-order valence-electron chi connectivity index (χ2n) is 9.59. The Labute approximate surface area is 214 Å². The summed E-state index contributed by atoms with van der Waals surface area (Å²) in [4.78, 5) is 2.24. The van der Waals surface area contributed by atoms with Gasteiger partial charge in [-0.1, -0.05) is 32.0 Å². The van der Waals surface area contributed by atoms with E-state index in [2.05, 4.69) is 13.8 Å². The molecule has 1 saturated heterocycles. The van der Waals surface area contributed by atoms with E-state index in [0.717, 1.165) is 35.6 Å². The van der Waals surface area contributed by atoms with E-state index in [1.165, 1.54) is 0 Å². The van der Waals surface area contributed by atoms with Crippen LogP contribution in [0.25, 0.3) is 5.69 Å². The van der Waals surface area contributed by atoms with Crippen LogP contribution in [0.3, 0.4) is 0 Å². The molecule has 36 heavy (non-hydrogen) atoms. The molecule has 1 aromatic heterocycles. The van der Waals surface area contributed by atoms with Crippen molar-refractivity contribution in [2.24, 2.45) is 0 Å². The lowest BCUT2D eigenvalue weighted by molar-refractivity contribution is 0.0925. The molecule has 1 aliphatic heterocycles. The number of anilines is 1. The van der Waals surface area contributed by atoms with Gasteiger partial charge in [-0.05, 0) is 55.2 Å². The summed E-state index contributed by atoms with van der Waals surface area (Å²) in [7, 11) is 1.68. The van der Waals surface area contributed by atoms with Gasteiger partial charge in [-0.2, -0.15) is 9.40 Å². The van der Waals surface area contributed by atoms with Crippen molar-refractivity contribution in [2.45, 2.75) is 50.2 Å². The monoisotopic (exact) mass is 512 g/mol. The van der Waals surface area contributed by atoms with Crippen molar-refractivity contribution in [1.29, 1.82) is 0 Å². The Morgan fingerprint density at radius 2 is 1.81 bits per heavy atom. The quantitative estimate of drug-likeness (QED) is 0.400. The van der Waals surface area contributed by atoms with Crippen LogP contribution in [0.2, 0.25) is 0 Å². The highest BCUT2D eigenvalue weighted by Crippen LogP contribution is 2.33. The molecule has 9 heteroatoms. The van der Waals surface area contributed by atoms with Crippen LogP contribution >= 0.6 is 0 Å². The van der Waals surface area contributed by atoms with E-state index in [4.69, 9.17) is 14.6 Å². The maximum absolute atomic E-state index is 14.0. The average Bonchev–Trinajstić information content (AvgIpc) is 3.52. The Kier molecular flexibility index (Phi) is 8.02. The molecule has 1 atom stereocenters. The molecular formula is C27H36N4O4S. The number of ether oxygens (including phenoxy) is 2. The molecule has 0 amide bonds. The molecule has 2 aromatic carbocycles. The number of hydrogen-bond acceptors (Lipinski definition) is 6. The number of hydrogen-bond donors (Lipinski definition) is 0. The third kappa shape index (κ3) is 5.43. The molecular weight excluding hydrogens is 476 g/mol. The van der Waals surface area contributed by atoms with Crippen molar-refractivity contribution in [3.63, 3.8) is 0 Å².